The second-order valence-electron chi connectivity index (χ2n) is 3.67. The third kappa shape index (κ3) is 4.62. The standard InChI is InChI=1S/C13H18N2/c1-2-10-15(11-6-9-14)12-13-7-4-3-5-8-13/h3-5,7-8H,2,6,10-12H2,1H3. The molecule has 2 nitrogen and oxygen atoms in total. The summed E-state index contributed by atoms with van der Waals surface area (Å²) in [7, 11) is 0. The lowest BCUT2D eigenvalue weighted by Gasteiger charge is -2.20. The van der Waals surface area contributed by atoms with Gasteiger partial charge in [0, 0.05) is 19.5 Å². The average molecular weight is 202 g/mol. The van der Waals surface area contributed by atoms with Gasteiger partial charge in [0.05, 0.1) is 6.07 Å². The molecule has 0 aliphatic rings. The van der Waals surface area contributed by atoms with Crippen LogP contribution in [0, 0.1) is 11.3 Å². The summed E-state index contributed by atoms with van der Waals surface area (Å²) in [4.78, 5) is 2.33. The fourth-order valence-corrected chi connectivity index (χ4v) is 1.64. The molecule has 0 bridgehead atoms. The summed E-state index contributed by atoms with van der Waals surface area (Å²) in [6, 6.07) is 12.6. The zero-order valence-electron chi connectivity index (χ0n) is 9.32. The first-order valence-corrected chi connectivity index (χ1v) is 5.50. The van der Waals surface area contributed by atoms with E-state index in [-0.39, 0.29) is 0 Å². The Morgan fingerprint density at radius 1 is 1.20 bits per heavy atom. The Balaban J connectivity index is 2.47. The van der Waals surface area contributed by atoms with Gasteiger partial charge >= 0.3 is 0 Å². The molecular formula is C13H18N2. The van der Waals surface area contributed by atoms with Crippen molar-refractivity contribution < 1.29 is 0 Å². The van der Waals surface area contributed by atoms with Gasteiger partial charge in [0.1, 0.15) is 0 Å². The van der Waals surface area contributed by atoms with Crippen LogP contribution < -0.4 is 0 Å². The van der Waals surface area contributed by atoms with E-state index >= 15 is 0 Å². The van der Waals surface area contributed by atoms with E-state index in [1.807, 2.05) is 6.07 Å². The van der Waals surface area contributed by atoms with E-state index in [0.717, 1.165) is 26.1 Å². The van der Waals surface area contributed by atoms with Gasteiger partial charge in [-0.1, -0.05) is 37.3 Å². The SMILES string of the molecule is CCCN(CCC#N)Cc1ccccc1. The molecule has 1 aromatic rings. The van der Waals surface area contributed by atoms with Crippen LogP contribution in [0.1, 0.15) is 25.3 Å². The summed E-state index contributed by atoms with van der Waals surface area (Å²) in [5, 5.41) is 8.57. The highest BCUT2D eigenvalue weighted by molar-refractivity contribution is 5.14. The first kappa shape index (κ1) is 11.7. The van der Waals surface area contributed by atoms with Gasteiger partial charge in [0.15, 0.2) is 0 Å². The zero-order chi connectivity index (χ0) is 10.9. The maximum absolute atomic E-state index is 8.57. The predicted octanol–water partition coefficient (Wildman–Crippen LogP) is 2.81. The van der Waals surface area contributed by atoms with Crippen LogP contribution in [-0.4, -0.2) is 18.0 Å². The Bertz CT molecular complexity index is 300. The third-order valence-corrected chi connectivity index (χ3v) is 2.33. The molecule has 0 fully saturated rings. The second kappa shape index (κ2) is 7.03. The lowest BCUT2D eigenvalue weighted by Crippen LogP contribution is -2.25. The third-order valence-electron chi connectivity index (χ3n) is 2.33. The van der Waals surface area contributed by atoms with Crippen LogP contribution in [-0.2, 0) is 6.54 Å². The molecular weight excluding hydrogens is 184 g/mol. The Kier molecular flexibility index (Phi) is 5.50. The van der Waals surface area contributed by atoms with Crippen molar-refractivity contribution in [3.8, 4) is 6.07 Å². The highest BCUT2D eigenvalue weighted by atomic mass is 15.1. The zero-order valence-corrected chi connectivity index (χ0v) is 9.32. The molecule has 0 unspecified atom stereocenters. The monoisotopic (exact) mass is 202 g/mol. The van der Waals surface area contributed by atoms with Crippen molar-refractivity contribution in [3.63, 3.8) is 0 Å². The van der Waals surface area contributed by atoms with E-state index < -0.39 is 0 Å². The molecule has 0 saturated heterocycles. The molecule has 0 saturated carbocycles. The van der Waals surface area contributed by atoms with Gasteiger partial charge in [-0.2, -0.15) is 5.26 Å². The van der Waals surface area contributed by atoms with Gasteiger partial charge in [-0.15, -0.1) is 0 Å². The van der Waals surface area contributed by atoms with Crippen molar-refractivity contribution in [1.82, 2.24) is 4.90 Å². The van der Waals surface area contributed by atoms with E-state index in [4.69, 9.17) is 5.26 Å². The van der Waals surface area contributed by atoms with Crippen molar-refractivity contribution >= 4 is 0 Å². The van der Waals surface area contributed by atoms with Crippen LogP contribution in [0.4, 0.5) is 0 Å². The van der Waals surface area contributed by atoms with Crippen LogP contribution in [0.2, 0.25) is 0 Å². The highest BCUT2D eigenvalue weighted by Gasteiger charge is 2.03. The molecule has 0 spiro atoms. The minimum Gasteiger partial charge on any atom is -0.298 e. The van der Waals surface area contributed by atoms with Crippen molar-refractivity contribution in [2.45, 2.75) is 26.3 Å². The lowest BCUT2D eigenvalue weighted by molar-refractivity contribution is 0.272. The number of hydrogen-bond acceptors (Lipinski definition) is 2. The molecule has 1 aromatic carbocycles. The summed E-state index contributed by atoms with van der Waals surface area (Å²) < 4.78 is 0. The van der Waals surface area contributed by atoms with Gasteiger partial charge in [-0.3, -0.25) is 4.90 Å². The highest BCUT2D eigenvalue weighted by Crippen LogP contribution is 2.05. The normalized spacial score (nSPS) is 10.2. The summed E-state index contributed by atoms with van der Waals surface area (Å²) in [6.07, 6.45) is 1.76. The first-order valence-electron chi connectivity index (χ1n) is 5.50. The van der Waals surface area contributed by atoms with Crippen molar-refractivity contribution in [2.24, 2.45) is 0 Å². The van der Waals surface area contributed by atoms with E-state index in [9.17, 15) is 0 Å². The molecule has 0 radical (unpaired) electrons. The van der Waals surface area contributed by atoms with Gasteiger partial charge in [0.2, 0.25) is 0 Å². The number of nitrogens with zero attached hydrogens (tertiary/aromatic N) is 2. The predicted molar refractivity (Wildman–Crippen MR) is 62.2 cm³/mol. The van der Waals surface area contributed by atoms with Crippen molar-refractivity contribution in [2.75, 3.05) is 13.1 Å². The van der Waals surface area contributed by atoms with Crippen LogP contribution in [0.15, 0.2) is 30.3 Å². The molecule has 1 rings (SSSR count). The minimum atomic E-state index is 0.618. The molecule has 0 aromatic heterocycles. The Labute approximate surface area is 92.1 Å². The topological polar surface area (TPSA) is 27.0 Å². The van der Waals surface area contributed by atoms with Gasteiger partial charge < -0.3 is 0 Å². The molecule has 0 heterocycles. The van der Waals surface area contributed by atoms with Crippen molar-refractivity contribution in [1.29, 1.82) is 5.26 Å². The molecule has 15 heavy (non-hydrogen) atoms. The van der Waals surface area contributed by atoms with Crippen LogP contribution >= 0.6 is 0 Å². The van der Waals surface area contributed by atoms with Gasteiger partial charge in [-0.25, -0.2) is 0 Å². The minimum absolute atomic E-state index is 0.618. The molecule has 0 aliphatic heterocycles. The van der Waals surface area contributed by atoms with E-state index in [1.54, 1.807) is 0 Å². The number of nitriles is 1. The summed E-state index contributed by atoms with van der Waals surface area (Å²) in [5.74, 6) is 0. The van der Waals surface area contributed by atoms with Crippen LogP contribution in [0.5, 0.6) is 0 Å². The van der Waals surface area contributed by atoms with E-state index in [2.05, 4.69) is 42.2 Å². The second-order valence-corrected chi connectivity index (χ2v) is 3.67. The van der Waals surface area contributed by atoms with E-state index in [0.29, 0.717) is 6.42 Å². The smallest absolute Gasteiger partial charge is 0.0635 e. The quantitative estimate of drug-likeness (QED) is 0.709. The van der Waals surface area contributed by atoms with E-state index in [1.165, 1.54) is 5.56 Å². The summed E-state index contributed by atoms with van der Waals surface area (Å²) >= 11 is 0. The van der Waals surface area contributed by atoms with Crippen molar-refractivity contribution in [3.05, 3.63) is 35.9 Å². The van der Waals surface area contributed by atoms with Crippen LogP contribution in [0.25, 0.3) is 0 Å². The maximum Gasteiger partial charge on any atom is 0.0635 e. The number of benzene rings is 1. The molecule has 80 valence electrons. The molecule has 0 amide bonds. The fraction of sp³-hybridized carbons (Fsp3) is 0.462. The number of hydrogen-bond donors (Lipinski definition) is 0. The summed E-state index contributed by atoms with van der Waals surface area (Å²) in [6.45, 7) is 5.07. The maximum atomic E-state index is 8.57. The molecule has 0 N–H and O–H groups in total. The molecule has 0 aliphatic carbocycles. The Morgan fingerprint density at radius 3 is 2.53 bits per heavy atom. The molecule has 0 atom stereocenters. The average Bonchev–Trinajstić information content (AvgIpc) is 2.28. The Morgan fingerprint density at radius 2 is 1.93 bits per heavy atom. The Hall–Kier alpha value is -1.33. The molecule has 2 heteroatoms. The first-order chi connectivity index (χ1) is 7.36. The number of rotatable bonds is 6. The fourth-order valence-electron chi connectivity index (χ4n) is 1.64. The van der Waals surface area contributed by atoms with Crippen LogP contribution in [0.3, 0.4) is 0 Å². The largest absolute Gasteiger partial charge is 0.298 e. The van der Waals surface area contributed by atoms with Gasteiger partial charge in [-0.05, 0) is 18.5 Å². The lowest BCUT2D eigenvalue weighted by atomic mass is 10.2. The summed E-state index contributed by atoms with van der Waals surface area (Å²) in [5.41, 5.74) is 1.32. The van der Waals surface area contributed by atoms with Gasteiger partial charge in [0.25, 0.3) is 0 Å².